The first kappa shape index (κ1) is 9.21. The van der Waals surface area contributed by atoms with Crippen LogP contribution in [0, 0.1) is 6.92 Å². The van der Waals surface area contributed by atoms with Gasteiger partial charge in [-0.05, 0) is 24.6 Å². The van der Waals surface area contributed by atoms with Crippen LogP contribution in [0.15, 0.2) is 30.5 Å². The van der Waals surface area contributed by atoms with Crippen LogP contribution in [-0.2, 0) is 0 Å². The van der Waals surface area contributed by atoms with Crippen molar-refractivity contribution < 1.29 is 4.74 Å². The molecule has 0 aliphatic carbocycles. The quantitative estimate of drug-likeness (QED) is 0.751. The first-order valence-corrected chi connectivity index (χ1v) is 5.18. The van der Waals surface area contributed by atoms with Gasteiger partial charge in [-0.1, -0.05) is 12.1 Å². The minimum Gasteiger partial charge on any atom is -0.497 e. The van der Waals surface area contributed by atoms with E-state index in [0.29, 0.717) is 0 Å². The van der Waals surface area contributed by atoms with Crippen molar-refractivity contribution in [3.8, 4) is 16.2 Å². The average Bonchev–Trinajstić information content (AvgIpc) is 2.65. The maximum Gasteiger partial charge on any atom is 0.119 e. The number of hydrogen-bond donors (Lipinski definition) is 0. The smallest absolute Gasteiger partial charge is 0.119 e. The SMILES string of the molecule is COc1cccc(-c2cnc(C)s2)c1. The molecule has 0 bridgehead atoms. The Bertz CT molecular complexity index is 436. The number of thiazole rings is 1. The van der Waals surface area contributed by atoms with Gasteiger partial charge in [-0.2, -0.15) is 0 Å². The van der Waals surface area contributed by atoms with Crippen LogP contribution in [0.3, 0.4) is 0 Å². The zero-order valence-electron chi connectivity index (χ0n) is 8.15. The second kappa shape index (κ2) is 3.80. The van der Waals surface area contributed by atoms with E-state index in [1.807, 2.05) is 31.3 Å². The predicted molar refractivity (Wildman–Crippen MR) is 58.8 cm³/mol. The molecule has 0 atom stereocenters. The monoisotopic (exact) mass is 205 g/mol. The zero-order chi connectivity index (χ0) is 9.97. The van der Waals surface area contributed by atoms with Gasteiger partial charge in [-0.25, -0.2) is 4.98 Å². The van der Waals surface area contributed by atoms with Crippen molar-refractivity contribution in [2.45, 2.75) is 6.92 Å². The molecule has 0 spiro atoms. The summed E-state index contributed by atoms with van der Waals surface area (Å²) in [7, 11) is 1.68. The third-order valence-electron chi connectivity index (χ3n) is 1.98. The van der Waals surface area contributed by atoms with Crippen molar-refractivity contribution >= 4 is 11.3 Å². The van der Waals surface area contributed by atoms with Crippen molar-refractivity contribution in [3.63, 3.8) is 0 Å². The Morgan fingerprint density at radius 3 is 2.86 bits per heavy atom. The number of aromatic nitrogens is 1. The second-order valence-corrected chi connectivity index (χ2v) is 4.21. The summed E-state index contributed by atoms with van der Waals surface area (Å²) in [5.74, 6) is 0.883. The van der Waals surface area contributed by atoms with Crippen LogP contribution in [0.2, 0.25) is 0 Å². The maximum absolute atomic E-state index is 5.17. The van der Waals surface area contributed by atoms with Crippen LogP contribution in [-0.4, -0.2) is 12.1 Å². The molecule has 0 saturated carbocycles. The molecule has 2 aromatic rings. The molecular weight excluding hydrogens is 194 g/mol. The van der Waals surface area contributed by atoms with Crippen LogP contribution in [0.4, 0.5) is 0 Å². The summed E-state index contributed by atoms with van der Waals surface area (Å²) in [5.41, 5.74) is 1.16. The lowest BCUT2D eigenvalue weighted by Gasteiger charge is -2.01. The number of benzene rings is 1. The molecule has 3 heteroatoms. The fraction of sp³-hybridized carbons (Fsp3) is 0.182. The molecule has 14 heavy (non-hydrogen) atoms. The first-order valence-electron chi connectivity index (χ1n) is 4.36. The highest BCUT2D eigenvalue weighted by atomic mass is 32.1. The van der Waals surface area contributed by atoms with Crippen LogP contribution in [0.25, 0.3) is 10.4 Å². The fourth-order valence-electron chi connectivity index (χ4n) is 1.27. The van der Waals surface area contributed by atoms with E-state index in [9.17, 15) is 0 Å². The molecule has 0 fully saturated rings. The van der Waals surface area contributed by atoms with Crippen molar-refractivity contribution in [3.05, 3.63) is 35.5 Å². The van der Waals surface area contributed by atoms with Crippen molar-refractivity contribution in [1.29, 1.82) is 0 Å². The van der Waals surface area contributed by atoms with Gasteiger partial charge >= 0.3 is 0 Å². The van der Waals surface area contributed by atoms with E-state index >= 15 is 0 Å². The third-order valence-corrected chi connectivity index (χ3v) is 2.94. The number of hydrogen-bond acceptors (Lipinski definition) is 3. The average molecular weight is 205 g/mol. The lowest BCUT2D eigenvalue weighted by atomic mass is 10.2. The molecular formula is C11H11NOS. The summed E-state index contributed by atoms with van der Waals surface area (Å²) >= 11 is 1.69. The Hall–Kier alpha value is -1.35. The molecule has 0 N–H and O–H groups in total. The van der Waals surface area contributed by atoms with Gasteiger partial charge < -0.3 is 4.74 Å². The van der Waals surface area contributed by atoms with E-state index in [1.165, 1.54) is 4.88 Å². The summed E-state index contributed by atoms with van der Waals surface area (Å²) in [4.78, 5) is 5.41. The van der Waals surface area contributed by atoms with Gasteiger partial charge in [-0.3, -0.25) is 0 Å². The largest absolute Gasteiger partial charge is 0.497 e. The topological polar surface area (TPSA) is 22.1 Å². The summed E-state index contributed by atoms with van der Waals surface area (Å²) in [6, 6.07) is 8.02. The fourth-order valence-corrected chi connectivity index (χ4v) is 2.05. The molecule has 2 rings (SSSR count). The van der Waals surface area contributed by atoms with E-state index in [0.717, 1.165) is 16.3 Å². The highest BCUT2D eigenvalue weighted by molar-refractivity contribution is 7.15. The van der Waals surface area contributed by atoms with Gasteiger partial charge in [0.15, 0.2) is 0 Å². The van der Waals surface area contributed by atoms with Gasteiger partial charge in [0, 0.05) is 6.20 Å². The van der Waals surface area contributed by atoms with E-state index in [4.69, 9.17) is 4.74 Å². The van der Waals surface area contributed by atoms with Gasteiger partial charge in [-0.15, -0.1) is 11.3 Å². The van der Waals surface area contributed by atoms with E-state index in [-0.39, 0.29) is 0 Å². The normalized spacial score (nSPS) is 10.1. The molecule has 0 unspecified atom stereocenters. The molecule has 1 heterocycles. The van der Waals surface area contributed by atoms with Gasteiger partial charge in [0.1, 0.15) is 5.75 Å². The lowest BCUT2D eigenvalue weighted by Crippen LogP contribution is -1.81. The Kier molecular flexibility index (Phi) is 2.50. The Morgan fingerprint density at radius 1 is 1.36 bits per heavy atom. The van der Waals surface area contributed by atoms with Crippen molar-refractivity contribution in [2.75, 3.05) is 7.11 Å². The minimum absolute atomic E-state index is 0.883. The predicted octanol–water partition coefficient (Wildman–Crippen LogP) is 3.13. The second-order valence-electron chi connectivity index (χ2n) is 2.98. The molecule has 2 nitrogen and oxygen atoms in total. The maximum atomic E-state index is 5.17. The molecule has 0 amide bonds. The van der Waals surface area contributed by atoms with Crippen LogP contribution < -0.4 is 4.74 Å². The summed E-state index contributed by atoms with van der Waals surface area (Å²) in [6.07, 6.45) is 1.90. The van der Waals surface area contributed by atoms with Gasteiger partial charge in [0.25, 0.3) is 0 Å². The summed E-state index contributed by atoms with van der Waals surface area (Å²) in [5, 5.41) is 1.09. The van der Waals surface area contributed by atoms with Crippen molar-refractivity contribution in [2.24, 2.45) is 0 Å². The molecule has 0 aliphatic rings. The number of aryl methyl sites for hydroxylation is 1. The minimum atomic E-state index is 0.883. The number of nitrogens with zero attached hydrogens (tertiary/aromatic N) is 1. The van der Waals surface area contributed by atoms with Gasteiger partial charge in [0.05, 0.1) is 17.0 Å². The van der Waals surface area contributed by atoms with E-state index in [2.05, 4.69) is 11.1 Å². The Balaban J connectivity index is 2.41. The van der Waals surface area contributed by atoms with E-state index < -0.39 is 0 Å². The number of ether oxygens (including phenoxy) is 1. The number of rotatable bonds is 2. The molecule has 72 valence electrons. The molecule has 0 saturated heterocycles. The molecule has 0 radical (unpaired) electrons. The van der Waals surface area contributed by atoms with Crippen molar-refractivity contribution in [1.82, 2.24) is 4.98 Å². The zero-order valence-corrected chi connectivity index (χ0v) is 8.97. The van der Waals surface area contributed by atoms with Gasteiger partial charge in [0.2, 0.25) is 0 Å². The third kappa shape index (κ3) is 1.77. The van der Waals surface area contributed by atoms with E-state index in [1.54, 1.807) is 18.4 Å². The molecule has 0 aliphatic heterocycles. The first-order chi connectivity index (χ1) is 6.79. The molecule has 1 aromatic heterocycles. The summed E-state index contributed by atoms with van der Waals surface area (Å²) in [6.45, 7) is 2.01. The van der Waals surface area contributed by atoms with Crippen LogP contribution in [0.1, 0.15) is 5.01 Å². The highest BCUT2D eigenvalue weighted by Gasteiger charge is 2.02. The highest BCUT2D eigenvalue weighted by Crippen LogP contribution is 2.28. The Labute approximate surface area is 87.2 Å². The standard InChI is InChI=1S/C11H11NOS/c1-8-12-7-11(14-8)9-4-3-5-10(6-9)13-2/h3-7H,1-2H3. The Morgan fingerprint density at radius 2 is 2.21 bits per heavy atom. The molecule has 1 aromatic carbocycles. The number of methoxy groups -OCH3 is 1. The summed E-state index contributed by atoms with van der Waals surface area (Å²) < 4.78 is 5.17. The van der Waals surface area contributed by atoms with Crippen LogP contribution in [0.5, 0.6) is 5.75 Å². The van der Waals surface area contributed by atoms with Crippen LogP contribution >= 0.6 is 11.3 Å². The lowest BCUT2D eigenvalue weighted by molar-refractivity contribution is 0.415.